The highest BCUT2D eigenvalue weighted by Gasteiger charge is 2.08. The molecule has 1 amide bonds. The second-order valence-electron chi connectivity index (χ2n) is 6.01. The predicted molar refractivity (Wildman–Crippen MR) is 100 cm³/mol. The molecule has 0 saturated heterocycles. The minimum absolute atomic E-state index is 0.227. The van der Waals surface area contributed by atoms with Crippen LogP contribution in [-0.4, -0.2) is 17.4 Å². The van der Waals surface area contributed by atoms with Gasteiger partial charge in [-0.2, -0.15) is 0 Å². The molecule has 0 aliphatic heterocycles. The van der Waals surface area contributed by atoms with Gasteiger partial charge in [0.1, 0.15) is 17.3 Å². The lowest BCUT2D eigenvalue weighted by Gasteiger charge is -2.09. The summed E-state index contributed by atoms with van der Waals surface area (Å²) < 4.78 is 26.5. The van der Waals surface area contributed by atoms with Crippen LogP contribution in [0, 0.1) is 11.6 Å². The van der Waals surface area contributed by atoms with E-state index in [1.165, 1.54) is 24.4 Å². The molecular formula is C21H19F2N3O. The van der Waals surface area contributed by atoms with Crippen LogP contribution in [0.3, 0.4) is 0 Å². The maximum absolute atomic E-state index is 13.6. The van der Waals surface area contributed by atoms with Crippen LogP contribution >= 0.6 is 0 Å². The van der Waals surface area contributed by atoms with Crippen molar-refractivity contribution in [3.05, 3.63) is 95.3 Å². The molecule has 3 aromatic rings. The number of carbonyl (C=O) groups excluding carboxylic acids is 1. The highest BCUT2D eigenvalue weighted by molar-refractivity contribution is 5.93. The third-order valence-corrected chi connectivity index (χ3v) is 4.04. The third-order valence-electron chi connectivity index (χ3n) is 4.04. The van der Waals surface area contributed by atoms with Gasteiger partial charge in [-0.15, -0.1) is 0 Å². The van der Waals surface area contributed by atoms with Gasteiger partial charge in [0.2, 0.25) is 0 Å². The van der Waals surface area contributed by atoms with Gasteiger partial charge in [-0.25, -0.2) is 8.78 Å². The van der Waals surface area contributed by atoms with Crippen molar-refractivity contribution in [2.75, 3.05) is 11.9 Å². The summed E-state index contributed by atoms with van der Waals surface area (Å²) in [7, 11) is 0. The van der Waals surface area contributed by atoms with Crippen molar-refractivity contribution in [3.8, 4) is 0 Å². The number of aromatic nitrogens is 1. The molecule has 0 atom stereocenters. The zero-order valence-electron chi connectivity index (χ0n) is 14.6. The van der Waals surface area contributed by atoms with Gasteiger partial charge < -0.3 is 10.6 Å². The van der Waals surface area contributed by atoms with Gasteiger partial charge in [0, 0.05) is 25.0 Å². The Labute approximate surface area is 156 Å². The van der Waals surface area contributed by atoms with Crippen LogP contribution in [0.15, 0.2) is 66.9 Å². The highest BCUT2D eigenvalue weighted by atomic mass is 19.1. The number of amides is 1. The number of hydrogen-bond donors (Lipinski definition) is 2. The summed E-state index contributed by atoms with van der Waals surface area (Å²) in [4.78, 5) is 16.3. The Morgan fingerprint density at radius 2 is 1.78 bits per heavy atom. The summed E-state index contributed by atoms with van der Waals surface area (Å²) in [6.07, 6.45) is 2.07. The van der Waals surface area contributed by atoms with Gasteiger partial charge in [-0.1, -0.05) is 30.3 Å². The van der Waals surface area contributed by atoms with Crippen molar-refractivity contribution in [1.82, 2.24) is 10.3 Å². The molecule has 4 nitrogen and oxygen atoms in total. The molecule has 2 aromatic carbocycles. The van der Waals surface area contributed by atoms with E-state index in [0.29, 0.717) is 18.5 Å². The molecule has 2 N–H and O–H groups in total. The van der Waals surface area contributed by atoms with Gasteiger partial charge in [-0.05, 0) is 47.9 Å². The molecule has 138 valence electrons. The number of hydrogen-bond acceptors (Lipinski definition) is 3. The van der Waals surface area contributed by atoms with E-state index in [1.54, 1.807) is 42.5 Å². The van der Waals surface area contributed by atoms with E-state index in [9.17, 15) is 13.6 Å². The molecule has 0 aliphatic carbocycles. The first-order chi connectivity index (χ1) is 13.1. The Bertz CT molecular complexity index is 913. The van der Waals surface area contributed by atoms with E-state index in [1.807, 2.05) is 0 Å². The number of pyridine rings is 1. The second-order valence-corrected chi connectivity index (χ2v) is 6.01. The molecule has 0 fully saturated rings. The molecule has 0 saturated carbocycles. The molecular weight excluding hydrogens is 348 g/mol. The topological polar surface area (TPSA) is 54.0 Å². The van der Waals surface area contributed by atoms with E-state index in [-0.39, 0.29) is 29.8 Å². The summed E-state index contributed by atoms with van der Waals surface area (Å²) in [5.41, 5.74) is 2.43. The van der Waals surface area contributed by atoms with E-state index in [2.05, 4.69) is 15.6 Å². The molecule has 1 heterocycles. The fourth-order valence-corrected chi connectivity index (χ4v) is 2.58. The van der Waals surface area contributed by atoms with Gasteiger partial charge >= 0.3 is 0 Å². The minimum Gasteiger partial charge on any atom is -0.385 e. The zero-order chi connectivity index (χ0) is 19.1. The lowest BCUT2D eigenvalue weighted by atomic mass is 10.1. The molecule has 27 heavy (non-hydrogen) atoms. The quantitative estimate of drug-likeness (QED) is 0.665. The average Bonchev–Trinajstić information content (AvgIpc) is 2.69. The predicted octanol–water partition coefficient (Wildman–Crippen LogP) is 3.94. The van der Waals surface area contributed by atoms with Gasteiger partial charge in [-0.3, -0.25) is 9.78 Å². The maximum atomic E-state index is 13.6. The summed E-state index contributed by atoms with van der Waals surface area (Å²) in [6.45, 7) is 0.813. The Morgan fingerprint density at radius 3 is 2.56 bits per heavy atom. The lowest BCUT2D eigenvalue weighted by Crippen LogP contribution is -2.24. The van der Waals surface area contributed by atoms with E-state index >= 15 is 0 Å². The Hall–Kier alpha value is -3.28. The standard InChI is InChI=1S/C21H19F2N3O/c22-17-7-5-15(6-8-17)14-26-21(27)20-13-18(10-12-25-20)24-11-9-16-3-1-2-4-19(16)23/h1-8,10,12-13H,9,11,14H2,(H,24,25)(H,26,27). The van der Waals surface area contributed by atoms with Gasteiger partial charge in [0.05, 0.1) is 0 Å². The largest absolute Gasteiger partial charge is 0.385 e. The molecule has 6 heteroatoms. The molecule has 0 unspecified atom stereocenters. The fraction of sp³-hybridized carbons (Fsp3) is 0.143. The van der Waals surface area contributed by atoms with Crippen LogP contribution < -0.4 is 10.6 Å². The van der Waals surface area contributed by atoms with Crippen molar-refractivity contribution in [1.29, 1.82) is 0 Å². The number of benzene rings is 2. The number of carbonyl (C=O) groups is 1. The SMILES string of the molecule is O=C(NCc1ccc(F)cc1)c1cc(NCCc2ccccc2F)ccn1. The molecule has 0 aliphatic rings. The lowest BCUT2D eigenvalue weighted by molar-refractivity contribution is 0.0946. The molecule has 0 radical (unpaired) electrons. The van der Waals surface area contributed by atoms with Crippen LogP contribution in [0.4, 0.5) is 14.5 Å². The number of nitrogens with zero attached hydrogens (tertiary/aromatic N) is 1. The number of nitrogens with one attached hydrogen (secondary N) is 2. The van der Waals surface area contributed by atoms with E-state index < -0.39 is 0 Å². The summed E-state index contributed by atoms with van der Waals surface area (Å²) in [6, 6.07) is 16.0. The average molecular weight is 367 g/mol. The smallest absolute Gasteiger partial charge is 0.270 e. The first kappa shape index (κ1) is 18.5. The van der Waals surface area contributed by atoms with E-state index in [4.69, 9.17) is 0 Å². The number of rotatable bonds is 7. The van der Waals surface area contributed by atoms with Gasteiger partial charge in [0.15, 0.2) is 0 Å². The van der Waals surface area contributed by atoms with Crippen LogP contribution in [0.25, 0.3) is 0 Å². The summed E-state index contributed by atoms with van der Waals surface area (Å²) >= 11 is 0. The van der Waals surface area contributed by atoms with Crippen molar-refractivity contribution >= 4 is 11.6 Å². The van der Waals surface area contributed by atoms with Crippen molar-refractivity contribution < 1.29 is 13.6 Å². The summed E-state index contributed by atoms with van der Waals surface area (Å²) in [5, 5.41) is 5.92. The molecule has 3 rings (SSSR count). The highest BCUT2D eigenvalue weighted by Crippen LogP contribution is 2.11. The molecule has 1 aromatic heterocycles. The maximum Gasteiger partial charge on any atom is 0.270 e. The monoisotopic (exact) mass is 367 g/mol. The minimum atomic E-state index is -0.322. The Morgan fingerprint density at radius 1 is 1.00 bits per heavy atom. The van der Waals surface area contributed by atoms with E-state index in [0.717, 1.165) is 11.3 Å². The fourth-order valence-electron chi connectivity index (χ4n) is 2.58. The van der Waals surface area contributed by atoms with Crippen LogP contribution in [-0.2, 0) is 13.0 Å². The zero-order valence-corrected chi connectivity index (χ0v) is 14.6. The Kier molecular flexibility index (Phi) is 6.10. The molecule has 0 spiro atoms. The Balaban J connectivity index is 1.53. The number of anilines is 1. The van der Waals surface area contributed by atoms with Crippen LogP contribution in [0.5, 0.6) is 0 Å². The first-order valence-electron chi connectivity index (χ1n) is 8.58. The third kappa shape index (κ3) is 5.34. The van der Waals surface area contributed by atoms with Crippen LogP contribution in [0.2, 0.25) is 0 Å². The normalized spacial score (nSPS) is 10.4. The van der Waals surface area contributed by atoms with Crippen molar-refractivity contribution in [3.63, 3.8) is 0 Å². The van der Waals surface area contributed by atoms with Crippen LogP contribution in [0.1, 0.15) is 21.6 Å². The number of halogens is 2. The first-order valence-corrected chi connectivity index (χ1v) is 8.58. The van der Waals surface area contributed by atoms with Gasteiger partial charge in [0.25, 0.3) is 5.91 Å². The van der Waals surface area contributed by atoms with Crippen molar-refractivity contribution in [2.45, 2.75) is 13.0 Å². The second kappa shape index (κ2) is 8.89. The van der Waals surface area contributed by atoms with Crippen molar-refractivity contribution in [2.24, 2.45) is 0 Å². The summed E-state index contributed by atoms with van der Waals surface area (Å²) in [5.74, 6) is -0.868. The molecule has 0 bridgehead atoms.